The van der Waals surface area contributed by atoms with E-state index in [0.717, 1.165) is 30.7 Å². The molecule has 1 fully saturated rings. The van der Waals surface area contributed by atoms with Gasteiger partial charge in [-0.1, -0.05) is 6.42 Å². The zero-order valence-electron chi connectivity index (χ0n) is 12.1. The minimum atomic E-state index is 0.665. The summed E-state index contributed by atoms with van der Waals surface area (Å²) >= 11 is 0. The maximum atomic E-state index is 5.55. The molecular formula is C16H23N3O. The Labute approximate surface area is 119 Å². The Morgan fingerprint density at radius 1 is 1.30 bits per heavy atom. The van der Waals surface area contributed by atoms with E-state index in [1.165, 1.54) is 37.0 Å². The molecular weight excluding hydrogens is 250 g/mol. The van der Waals surface area contributed by atoms with Crippen molar-refractivity contribution in [3.05, 3.63) is 24.0 Å². The standard InChI is InChI=1S/C16H23N3O/c1-20-13-8-9-15-14(11-13)18-16(5-3-2-4-10-17)19(15)12-6-7-12/h8-9,11-12H,2-7,10,17H2,1H3. The number of ether oxygens (including phenoxy) is 1. The Morgan fingerprint density at radius 2 is 2.15 bits per heavy atom. The second-order valence-electron chi connectivity index (χ2n) is 5.58. The Bertz CT molecular complexity index is 587. The summed E-state index contributed by atoms with van der Waals surface area (Å²) in [6.45, 7) is 0.788. The predicted octanol–water partition coefficient (Wildman–Crippen LogP) is 3.05. The van der Waals surface area contributed by atoms with Crippen LogP contribution in [-0.2, 0) is 6.42 Å². The van der Waals surface area contributed by atoms with Gasteiger partial charge in [0.1, 0.15) is 11.6 Å². The summed E-state index contributed by atoms with van der Waals surface area (Å²) in [5, 5.41) is 0. The van der Waals surface area contributed by atoms with Crippen LogP contribution in [0.4, 0.5) is 0 Å². The lowest BCUT2D eigenvalue weighted by atomic mass is 10.2. The molecule has 1 aliphatic rings. The second kappa shape index (κ2) is 5.83. The summed E-state index contributed by atoms with van der Waals surface area (Å²) in [4.78, 5) is 4.83. The van der Waals surface area contributed by atoms with E-state index >= 15 is 0 Å². The van der Waals surface area contributed by atoms with E-state index in [1.807, 2.05) is 12.1 Å². The second-order valence-corrected chi connectivity index (χ2v) is 5.58. The van der Waals surface area contributed by atoms with Gasteiger partial charge in [-0.15, -0.1) is 0 Å². The lowest BCUT2D eigenvalue weighted by molar-refractivity contribution is 0.415. The molecule has 1 aliphatic carbocycles. The Balaban J connectivity index is 1.87. The third-order valence-corrected chi connectivity index (χ3v) is 3.99. The van der Waals surface area contributed by atoms with Crippen molar-refractivity contribution in [1.29, 1.82) is 0 Å². The number of fused-ring (bicyclic) bond motifs is 1. The fourth-order valence-corrected chi connectivity index (χ4v) is 2.78. The molecule has 1 aromatic heterocycles. The Morgan fingerprint density at radius 3 is 2.85 bits per heavy atom. The van der Waals surface area contributed by atoms with E-state index in [1.54, 1.807) is 7.11 Å². The largest absolute Gasteiger partial charge is 0.497 e. The molecule has 0 unspecified atom stereocenters. The van der Waals surface area contributed by atoms with Crippen LogP contribution >= 0.6 is 0 Å². The fourth-order valence-electron chi connectivity index (χ4n) is 2.78. The summed E-state index contributed by atoms with van der Waals surface area (Å²) < 4.78 is 7.74. The monoisotopic (exact) mass is 273 g/mol. The van der Waals surface area contributed by atoms with Gasteiger partial charge in [-0.2, -0.15) is 0 Å². The average molecular weight is 273 g/mol. The smallest absolute Gasteiger partial charge is 0.121 e. The van der Waals surface area contributed by atoms with E-state index in [4.69, 9.17) is 15.5 Å². The molecule has 0 amide bonds. The molecule has 108 valence electrons. The number of aryl methyl sites for hydroxylation is 1. The molecule has 2 aromatic rings. The van der Waals surface area contributed by atoms with Crippen LogP contribution in [0, 0.1) is 0 Å². The van der Waals surface area contributed by atoms with Crippen molar-refractivity contribution in [1.82, 2.24) is 9.55 Å². The lowest BCUT2D eigenvalue weighted by Gasteiger charge is -2.07. The van der Waals surface area contributed by atoms with Gasteiger partial charge in [0.15, 0.2) is 0 Å². The van der Waals surface area contributed by atoms with Gasteiger partial charge in [0.05, 0.1) is 18.1 Å². The van der Waals surface area contributed by atoms with Gasteiger partial charge in [-0.25, -0.2) is 4.98 Å². The van der Waals surface area contributed by atoms with Crippen LogP contribution in [0.2, 0.25) is 0 Å². The predicted molar refractivity (Wildman–Crippen MR) is 81.2 cm³/mol. The number of imidazole rings is 1. The SMILES string of the molecule is COc1ccc2c(c1)nc(CCCCCN)n2C1CC1. The molecule has 1 heterocycles. The van der Waals surface area contributed by atoms with Gasteiger partial charge in [0.2, 0.25) is 0 Å². The van der Waals surface area contributed by atoms with Crippen molar-refractivity contribution in [3.8, 4) is 5.75 Å². The van der Waals surface area contributed by atoms with Gasteiger partial charge in [0.25, 0.3) is 0 Å². The van der Waals surface area contributed by atoms with Crippen LogP contribution < -0.4 is 10.5 Å². The number of nitrogens with zero attached hydrogens (tertiary/aromatic N) is 2. The van der Waals surface area contributed by atoms with Crippen molar-refractivity contribution in [2.45, 2.75) is 44.6 Å². The first-order valence-corrected chi connectivity index (χ1v) is 7.58. The molecule has 0 atom stereocenters. The minimum Gasteiger partial charge on any atom is -0.497 e. The van der Waals surface area contributed by atoms with Gasteiger partial charge in [-0.3, -0.25) is 0 Å². The maximum absolute atomic E-state index is 5.55. The van der Waals surface area contributed by atoms with Crippen molar-refractivity contribution in [3.63, 3.8) is 0 Å². The molecule has 20 heavy (non-hydrogen) atoms. The highest BCUT2D eigenvalue weighted by Gasteiger charge is 2.27. The van der Waals surface area contributed by atoms with Crippen molar-refractivity contribution in [2.75, 3.05) is 13.7 Å². The average Bonchev–Trinajstić information content (AvgIpc) is 3.24. The molecule has 0 radical (unpaired) electrons. The first kappa shape index (κ1) is 13.4. The fraction of sp³-hybridized carbons (Fsp3) is 0.562. The highest BCUT2D eigenvalue weighted by molar-refractivity contribution is 5.78. The highest BCUT2D eigenvalue weighted by atomic mass is 16.5. The number of nitrogens with two attached hydrogens (primary N) is 1. The third kappa shape index (κ3) is 2.66. The topological polar surface area (TPSA) is 53.1 Å². The van der Waals surface area contributed by atoms with Gasteiger partial charge in [-0.05, 0) is 44.4 Å². The number of rotatable bonds is 7. The minimum absolute atomic E-state index is 0.665. The summed E-state index contributed by atoms with van der Waals surface area (Å²) in [5.41, 5.74) is 7.87. The molecule has 1 aromatic carbocycles. The Hall–Kier alpha value is -1.55. The van der Waals surface area contributed by atoms with Crippen LogP contribution in [0.5, 0.6) is 5.75 Å². The summed E-state index contributed by atoms with van der Waals surface area (Å²) in [6.07, 6.45) is 7.09. The number of hydrogen-bond acceptors (Lipinski definition) is 3. The molecule has 4 heteroatoms. The van der Waals surface area contributed by atoms with Crippen molar-refractivity contribution >= 4 is 11.0 Å². The zero-order chi connectivity index (χ0) is 13.9. The van der Waals surface area contributed by atoms with Crippen LogP contribution in [0.25, 0.3) is 11.0 Å². The highest BCUT2D eigenvalue weighted by Crippen LogP contribution is 2.39. The van der Waals surface area contributed by atoms with Crippen molar-refractivity contribution in [2.24, 2.45) is 5.73 Å². The van der Waals surface area contributed by atoms with Crippen LogP contribution in [0.1, 0.15) is 44.0 Å². The van der Waals surface area contributed by atoms with E-state index in [-0.39, 0.29) is 0 Å². The normalized spacial score (nSPS) is 14.9. The lowest BCUT2D eigenvalue weighted by Crippen LogP contribution is -2.03. The molecule has 0 aliphatic heterocycles. The molecule has 0 bridgehead atoms. The molecule has 1 saturated carbocycles. The van der Waals surface area contributed by atoms with Crippen LogP contribution in [0.3, 0.4) is 0 Å². The van der Waals surface area contributed by atoms with Crippen LogP contribution in [0.15, 0.2) is 18.2 Å². The summed E-state index contributed by atoms with van der Waals surface area (Å²) in [7, 11) is 1.70. The number of unbranched alkanes of at least 4 members (excludes halogenated alkanes) is 2. The first-order valence-electron chi connectivity index (χ1n) is 7.58. The van der Waals surface area contributed by atoms with E-state index in [2.05, 4.69) is 10.6 Å². The molecule has 0 spiro atoms. The summed E-state index contributed by atoms with van der Waals surface area (Å²) in [5.74, 6) is 2.11. The molecule has 0 saturated heterocycles. The third-order valence-electron chi connectivity index (χ3n) is 3.99. The Kier molecular flexibility index (Phi) is 3.92. The number of benzene rings is 1. The van der Waals surface area contributed by atoms with Gasteiger partial charge >= 0.3 is 0 Å². The maximum Gasteiger partial charge on any atom is 0.121 e. The number of methoxy groups -OCH3 is 1. The number of hydrogen-bond donors (Lipinski definition) is 1. The zero-order valence-corrected chi connectivity index (χ0v) is 12.1. The van der Waals surface area contributed by atoms with Crippen LogP contribution in [-0.4, -0.2) is 23.2 Å². The van der Waals surface area contributed by atoms with Crippen molar-refractivity contribution < 1.29 is 4.74 Å². The first-order chi connectivity index (χ1) is 9.83. The number of aromatic nitrogens is 2. The molecule has 4 nitrogen and oxygen atoms in total. The van der Waals surface area contributed by atoms with E-state index < -0.39 is 0 Å². The molecule has 2 N–H and O–H groups in total. The van der Waals surface area contributed by atoms with Gasteiger partial charge in [0, 0.05) is 18.5 Å². The van der Waals surface area contributed by atoms with E-state index in [9.17, 15) is 0 Å². The summed E-state index contributed by atoms with van der Waals surface area (Å²) in [6, 6.07) is 6.87. The molecule has 3 rings (SSSR count). The quantitative estimate of drug-likeness (QED) is 0.789. The van der Waals surface area contributed by atoms with Gasteiger partial charge < -0.3 is 15.0 Å². The van der Waals surface area contributed by atoms with E-state index in [0.29, 0.717) is 6.04 Å².